The lowest BCUT2D eigenvalue weighted by atomic mass is 9.49. The number of carbonyl (C=O) groups excluding carboxylic acids is 1. The fraction of sp³-hybridized carbons (Fsp3) is 0.765. The van der Waals surface area contributed by atoms with Crippen molar-refractivity contribution >= 4 is 22.5 Å². The van der Waals surface area contributed by atoms with E-state index in [1.54, 1.807) is 6.20 Å². The summed E-state index contributed by atoms with van der Waals surface area (Å²) in [5, 5.41) is 3.65. The van der Waals surface area contributed by atoms with Gasteiger partial charge in [-0.3, -0.25) is 5.32 Å². The Labute approximate surface area is 136 Å². The molecule has 4 bridgehead atoms. The molecule has 4 aliphatic carbocycles. The number of urea groups is 1. The number of thiazole rings is 1. The smallest absolute Gasteiger partial charge is 0.323 e. The Morgan fingerprint density at radius 3 is 2.41 bits per heavy atom. The quantitative estimate of drug-likeness (QED) is 0.910. The van der Waals surface area contributed by atoms with Gasteiger partial charge in [0.05, 0.1) is 0 Å². The lowest BCUT2D eigenvalue weighted by Crippen LogP contribution is -2.52. The molecule has 0 radical (unpaired) electrons. The lowest BCUT2D eigenvalue weighted by Gasteiger charge is -2.57. The first-order chi connectivity index (χ1) is 10.5. The summed E-state index contributed by atoms with van der Waals surface area (Å²) >= 11 is 1.53. The molecule has 0 saturated heterocycles. The van der Waals surface area contributed by atoms with E-state index < -0.39 is 0 Å². The third-order valence-corrected chi connectivity index (χ3v) is 6.75. The molecule has 1 N–H and O–H groups in total. The van der Waals surface area contributed by atoms with Crippen LogP contribution in [0.1, 0.15) is 43.4 Å². The first kappa shape index (κ1) is 14.5. The van der Waals surface area contributed by atoms with Crippen molar-refractivity contribution in [2.45, 2.75) is 45.4 Å². The zero-order valence-electron chi connectivity index (χ0n) is 13.5. The van der Waals surface area contributed by atoms with Gasteiger partial charge in [-0.15, -0.1) is 11.3 Å². The van der Waals surface area contributed by atoms with Crippen molar-refractivity contribution in [3.05, 3.63) is 11.1 Å². The number of rotatable bonds is 3. The average Bonchev–Trinajstić information content (AvgIpc) is 2.81. The molecule has 4 saturated carbocycles. The molecule has 1 aromatic heterocycles. The highest BCUT2D eigenvalue weighted by molar-refractivity contribution is 7.15. The van der Waals surface area contributed by atoms with Crippen LogP contribution in [0.25, 0.3) is 0 Å². The van der Waals surface area contributed by atoms with Crippen LogP contribution in [0, 0.1) is 30.1 Å². The number of anilines is 1. The second-order valence-corrected chi connectivity index (χ2v) is 9.21. The van der Waals surface area contributed by atoms with Gasteiger partial charge in [0.15, 0.2) is 5.13 Å². The molecule has 1 aromatic rings. The third-order valence-electron chi connectivity index (χ3n) is 5.92. The van der Waals surface area contributed by atoms with Crippen molar-refractivity contribution in [2.24, 2.45) is 23.2 Å². The second-order valence-electron chi connectivity index (χ2n) is 7.98. The molecule has 4 nitrogen and oxygen atoms in total. The van der Waals surface area contributed by atoms with E-state index in [9.17, 15) is 4.79 Å². The first-order valence-corrected chi connectivity index (χ1v) is 9.27. The lowest BCUT2D eigenvalue weighted by molar-refractivity contribution is -0.0611. The fourth-order valence-corrected chi connectivity index (χ4v) is 6.31. The maximum Gasteiger partial charge on any atom is 0.323 e. The van der Waals surface area contributed by atoms with Crippen molar-refractivity contribution in [3.63, 3.8) is 0 Å². The van der Waals surface area contributed by atoms with Gasteiger partial charge in [0.1, 0.15) is 0 Å². The van der Waals surface area contributed by atoms with Gasteiger partial charge in [0.2, 0.25) is 0 Å². The number of nitrogens with zero attached hydrogens (tertiary/aromatic N) is 2. The van der Waals surface area contributed by atoms with Crippen LogP contribution in [0.4, 0.5) is 9.93 Å². The van der Waals surface area contributed by atoms with E-state index in [-0.39, 0.29) is 6.03 Å². The predicted octanol–water partition coefficient (Wildman–Crippen LogP) is 4.13. The van der Waals surface area contributed by atoms with E-state index in [1.807, 2.05) is 18.9 Å². The first-order valence-electron chi connectivity index (χ1n) is 8.46. The van der Waals surface area contributed by atoms with Gasteiger partial charge in [0, 0.05) is 24.7 Å². The van der Waals surface area contributed by atoms with Crippen molar-refractivity contribution < 1.29 is 4.79 Å². The normalized spacial score (nSPS) is 35.6. The number of nitrogens with one attached hydrogen (secondary N) is 1. The van der Waals surface area contributed by atoms with Crippen molar-refractivity contribution in [1.82, 2.24) is 9.88 Å². The minimum atomic E-state index is -0.00917. The maximum atomic E-state index is 12.4. The minimum absolute atomic E-state index is 0.00917. The molecule has 0 aromatic carbocycles. The number of amides is 2. The van der Waals surface area contributed by atoms with Crippen LogP contribution in [0.15, 0.2) is 6.20 Å². The van der Waals surface area contributed by atoms with E-state index in [4.69, 9.17) is 0 Å². The summed E-state index contributed by atoms with van der Waals surface area (Å²) in [6.07, 6.45) is 10.2. The average molecular weight is 319 g/mol. The Balaban J connectivity index is 1.41. The van der Waals surface area contributed by atoms with Crippen LogP contribution in [0.3, 0.4) is 0 Å². The van der Waals surface area contributed by atoms with Gasteiger partial charge in [-0.1, -0.05) is 0 Å². The number of hydrogen-bond acceptors (Lipinski definition) is 3. The highest BCUT2D eigenvalue weighted by Gasteiger charge is 2.51. The molecule has 5 heteroatoms. The van der Waals surface area contributed by atoms with Crippen molar-refractivity contribution in [1.29, 1.82) is 0 Å². The van der Waals surface area contributed by atoms with Gasteiger partial charge in [-0.25, -0.2) is 9.78 Å². The Morgan fingerprint density at radius 1 is 1.32 bits per heavy atom. The Kier molecular flexibility index (Phi) is 3.44. The molecule has 2 amide bonds. The van der Waals surface area contributed by atoms with E-state index in [0.29, 0.717) is 10.5 Å². The molecule has 22 heavy (non-hydrogen) atoms. The number of carbonyl (C=O) groups is 1. The van der Waals surface area contributed by atoms with E-state index in [0.717, 1.165) is 29.2 Å². The fourth-order valence-electron chi connectivity index (χ4n) is 5.66. The molecule has 0 aliphatic heterocycles. The molecule has 0 atom stereocenters. The topological polar surface area (TPSA) is 45.2 Å². The van der Waals surface area contributed by atoms with E-state index in [1.165, 1.54) is 49.9 Å². The molecule has 120 valence electrons. The Hall–Kier alpha value is -1.10. The number of hydrogen-bond donors (Lipinski definition) is 1. The highest BCUT2D eigenvalue weighted by atomic mass is 32.1. The number of aryl methyl sites for hydroxylation is 1. The summed E-state index contributed by atoms with van der Waals surface area (Å²) in [6, 6.07) is -0.00917. The SMILES string of the molecule is Cc1cnc(NC(=O)N(C)CC23CC4CC(CC(C4)C2)C3)s1. The summed E-state index contributed by atoms with van der Waals surface area (Å²) in [7, 11) is 1.94. The number of aromatic nitrogens is 1. The van der Waals surface area contributed by atoms with Crippen LogP contribution in [-0.4, -0.2) is 29.5 Å². The van der Waals surface area contributed by atoms with Crippen LogP contribution in [0.5, 0.6) is 0 Å². The Morgan fingerprint density at radius 2 is 1.91 bits per heavy atom. The molecule has 0 unspecified atom stereocenters. The standard InChI is InChI=1S/C17H25N3OS/c1-11-9-18-15(22-11)19-16(21)20(2)10-17-6-12-3-13(7-17)5-14(4-12)8-17/h9,12-14H,3-8,10H2,1-2H3,(H,18,19,21). The molecule has 0 spiro atoms. The summed E-state index contributed by atoms with van der Waals surface area (Å²) in [4.78, 5) is 19.7. The van der Waals surface area contributed by atoms with E-state index in [2.05, 4.69) is 10.3 Å². The summed E-state index contributed by atoms with van der Waals surface area (Å²) in [5.41, 5.74) is 0.402. The maximum absolute atomic E-state index is 12.4. The van der Waals surface area contributed by atoms with Gasteiger partial charge in [-0.05, 0) is 68.6 Å². The molecular weight excluding hydrogens is 294 g/mol. The molecule has 5 rings (SSSR count). The van der Waals surface area contributed by atoms with Crippen LogP contribution in [-0.2, 0) is 0 Å². The zero-order valence-corrected chi connectivity index (χ0v) is 14.3. The second kappa shape index (κ2) is 5.22. The van der Waals surface area contributed by atoms with Crippen LogP contribution in [0.2, 0.25) is 0 Å². The van der Waals surface area contributed by atoms with Crippen molar-refractivity contribution in [2.75, 3.05) is 18.9 Å². The van der Waals surface area contributed by atoms with Crippen molar-refractivity contribution in [3.8, 4) is 0 Å². The summed E-state index contributed by atoms with van der Waals surface area (Å²) < 4.78 is 0. The summed E-state index contributed by atoms with van der Waals surface area (Å²) in [6.45, 7) is 2.92. The van der Waals surface area contributed by atoms with Gasteiger partial charge < -0.3 is 4.90 Å². The third kappa shape index (κ3) is 2.64. The predicted molar refractivity (Wildman–Crippen MR) is 89.1 cm³/mol. The monoisotopic (exact) mass is 319 g/mol. The molecular formula is C17H25N3OS. The minimum Gasteiger partial charge on any atom is -0.327 e. The van der Waals surface area contributed by atoms with Crippen LogP contribution < -0.4 is 5.32 Å². The highest BCUT2D eigenvalue weighted by Crippen LogP contribution is 2.60. The van der Waals surface area contributed by atoms with E-state index >= 15 is 0 Å². The van der Waals surface area contributed by atoms with Crippen LogP contribution >= 0.6 is 11.3 Å². The Bertz CT molecular complexity index is 547. The van der Waals surface area contributed by atoms with Gasteiger partial charge >= 0.3 is 6.03 Å². The summed E-state index contributed by atoms with van der Waals surface area (Å²) in [5.74, 6) is 2.80. The van der Waals surface area contributed by atoms with Gasteiger partial charge in [-0.2, -0.15) is 0 Å². The largest absolute Gasteiger partial charge is 0.327 e. The molecule has 4 fully saturated rings. The molecule has 1 heterocycles. The zero-order chi connectivity index (χ0) is 15.3. The molecule has 4 aliphatic rings. The van der Waals surface area contributed by atoms with Gasteiger partial charge in [0.25, 0.3) is 0 Å².